The number of hydrogen-bond donors (Lipinski definition) is 2. The van der Waals surface area contributed by atoms with Crippen LogP contribution in [0.1, 0.15) is 45.9 Å². The summed E-state index contributed by atoms with van der Waals surface area (Å²) < 4.78 is 28.0. The maximum atomic E-state index is 12.1. The van der Waals surface area contributed by atoms with Crippen LogP contribution in [0.25, 0.3) is 0 Å². The van der Waals surface area contributed by atoms with Crippen molar-refractivity contribution in [1.82, 2.24) is 19.6 Å². The third kappa shape index (κ3) is 6.70. The summed E-state index contributed by atoms with van der Waals surface area (Å²) in [6, 6.07) is 0.0304. The zero-order valence-corrected chi connectivity index (χ0v) is 15.4. The van der Waals surface area contributed by atoms with Crippen molar-refractivity contribution in [3.8, 4) is 0 Å². The number of carbonyl (C=O) groups excluding carboxylic acids is 1. The number of rotatable bonds is 9. The van der Waals surface area contributed by atoms with Gasteiger partial charge < -0.3 is 9.88 Å². The standard InChI is InChI=1S/C15H28N4O3S/c1-11(2)7-6-8-12(3)17-14(20)9-16-23(21,22)15-10-19(5)13(4)18-15/h10-12,16H,6-9H2,1-5H3,(H,17,20)/t12-/m0/s1. The molecule has 0 aliphatic carbocycles. The Morgan fingerprint density at radius 2 is 1.96 bits per heavy atom. The van der Waals surface area contributed by atoms with Crippen molar-refractivity contribution in [2.75, 3.05) is 6.54 Å². The molecule has 0 saturated carbocycles. The lowest BCUT2D eigenvalue weighted by atomic mass is 10.0. The van der Waals surface area contributed by atoms with Crippen LogP contribution in [-0.2, 0) is 21.9 Å². The van der Waals surface area contributed by atoms with Crippen LogP contribution >= 0.6 is 0 Å². The fraction of sp³-hybridized carbons (Fsp3) is 0.733. The van der Waals surface area contributed by atoms with Crippen LogP contribution in [0.3, 0.4) is 0 Å². The molecule has 0 spiro atoms. The summed E-state index contributed by atoms with van der Waals surface area (Å²) in [5.41, 5.74) is 0. The third-order valence-electron chi connectivity index (χ3n) is 3.61. The molecule has 1 rings (SSSR count). The summed E-state index contributed by atoms with van der Waals surface area (Å²) in [6.45, 7) is 7.68. The average Bonchev–Trinajstić information content (AvgIpc) is 2.77. The lowest BCUT2D eigenvalue weighted by molar-refractivity contribution is -0.120. The van der Waals surface area contributed by atoms with Gasteiger partial charge in [0.2, 0.25) is 5.91 Å². The van der Waals surface area contributed by atoms with Gasteiger partial charge in [0.1, 0.15) is 5.82 Å². The van der Waals surface area contributed by atoms with Crippen molar-refractivity contribution >= 4 is 15.9 Å². The van der Waals surface area contributed by atoms with E-state index < -0.39 is 10.0 Å². The molecule has 2 N–H and O–H groups in total. The molecule has 7 nitrogen and oxygen atoms in total. The van der Waals surface area contributed by atoms with Gasteiger partial charge in [-0.1, -0.05) is 26.7 Å². The number of aryl methyl sites for hydroxylation is 2. The van der Waals surface area contributed by atoms with E-state index in [4.69, 9.17) is 0 Å². The van der Waals surface area contributed by atoms with Crippen molar-refractivity contribution in [3.05, 3.63) is 12.0 Å². The number of aromatic nitrogens is 2. The first-order valence-electron chi connectivity index (χ1n) is 7.90. The predicted octanol–water partition coefficient (Wildman–Crippen LogP) is 1.34. The van der Waals surface area contributed by atoms with Gasteiger partial charge in [0, 0.05) is 19.3 Å². The predicted molar refractivity (Wildman–Crippen MR) is 89.4 cm³/mol. The number of imidazole rings is 1. The van der Waals surface area contributed by atoms with Crippen molar-refractivity contribution < 1.29 is 13.2 Å². The second kappa shape index (κ2) is 8.44. The molecule has 23 heavy (non-hydrogen) atoms. The van der Waals surface area contributed by atoms with Crippen LogP contribution in [-0.4, -0.2) is 36.5 Å². The molecular weight excluding hydrogens is 316 g/mol. The molecule has 1 atom stereocenters. The van der Waals surface area contributed by atoms with Gasteiger partial charge in [-0.3, -0.25) is 4.79 Å². The quantitative estimate of drug-likeness (QED) is 0.707. The van der Waals surface area contributed by atoms with Crippen LogP contribution in [0.5, 0.6) is 0 Å². The minimum atomic E-state index is -3.76. The molecule has 0 aliphatic rings. The molecular formula is C15H28N4O3S. The highest BCUT2D eigenvalue weighted by atomic mass is 32.2. The number of nitrogens with zero attached hydrogens (tertiary/aromatic N) is 2. The first-order chi connectivity index (χ1) is 10.6. The van der Waals surface area contributed by atoms with Gasteiger partial charge in [-0.05, 0) is 26.2 Å². The monoisotopic (exact) mass is 344 g/mol. The Kier molecular flexibility index (Phi) is 7.21. The molecule has 1 aromatic heterocycles. The molecule has 0 aromatic carbocycles. The van der Waals surface area contributed by atoms with E-state index in [0.29, 0.717) is 11.7 Å². The number of carbonyl (C=O) groups is 1. The average molecular weight is 344 g/mol. The molecule has 0 aliphatic heterocycles. The topological polar surface area (TPSA) is 93.1 Å². The highest BCUT2D eigenvalue weighted by molar-refractivity contribution is 7.89. The van der Waals surface area contributed by atoms with Gasteiger partial charge in [0.25, 0.3) is 10.0 Å². The van der Waals surface area contributed by atoms with E-state index in [2.05, 4.69) is 28.9 Å². The molecule has 1 amide bonds. The first-order valence-corrected chi connectivity index (χ1v) is 9.39. The maximum absolute atomic E-state index is 12.1. The summed E-state index contributed by atoms with van der Waals surface area (Å²) in [5.74, 6) is 0.901. The number of hydrogen-bond acceptors (Lipinski definition) is 4. The minimum absolute atomic E-state index is 0.0304. The zero-order chi connectivity index (χ0) is 17.6. The summed E-state index contributed by atoms with van der Waals surface area (Å²) in [7, 11) is -2.05. The van der Waals surface area contributed by atoms with Crippen LogP contribution in [0.15, 0.2) is 11.2 Å². The van der Waals surface area contributed by atoms with E-state index >= 15 is 0 Å². The van der Waals surface area contributed by atoms with Gasteiger partial charge in [-0.15, -0.1) is 0 Å². The molecule has 8 heteroatoms. The van der Waals surface area contributed by atoms with Gasteiger partial charge in [0.05, 0.1) is 6.54 Å². The van der Waals surface area contributed by atoms with Crippen molar-refractivity contribution in [3.63, 3.8) is 0 Å². The van der Waals surface area contributed by atoms with Crippen LogP contribution in [0.2, 0.25) is 0 Å². The largest absolute Gasteiger partial charge is 0.353 e. The summed E-state index contributed by atoms with van der Waals surface area (Å²) >= 11 is 0. The zero-order valence-electron chi connectivity index (χ0n) is 14.6. The van der Waals surface area contributed by atoms with Crippen LogP contribution in [0, 0.1) is 12.8 Å². The number of sulfonamides is 1. The molecule has 0 unspecified atom stereocenters. The first kappa shape index (κ1) is 19.6. The van der Waals surface area contributed by atoms with E-state index in [9.17, 15) is 13.2 Å². The Hall–Kier alpha value is -1.41. The number of nitrogens with one attached hydrogen (secondary N) is 2. The second-order valence-corrected chi connectivity index (χ2v) is 8.07. The Morgan fingerprint density at radius 3 is 2.48 bits per heavy atom. The van der Waals surface area contributed by atoms with Gasteiger partial charge in [-0.25, -0.2) is 18.1 Å². The van der Waals surface area contributed by atoms with Crippen molar-refractivity contribution in [2.24, 2.45) is 13.0 Å². The molecule has 132 valence electrons. The molecule has 0 fully saturated rings. The molecule has 0 bridgehead atoms. The Labute approximate surface area is 138 Å². The third-order valence-corrected chi connectivity index (χ3v) is 4.88. The summed E-state index contributed by atoms with van der Waals surface area (Å²) in [5, 5.41) is 2.73. The van der Waals surface area contributed by atoms with E-state index in [1.807, 2.05) is 6.92 Å². The van der Waals surface area contributed by atoms with Gasteiger partial charge in [0.15, 0.2) is 5.03 Å². The fourth-order valence-electron chi connectivity index (χ4n) is 2.12. The molecule has 0 saturated heterocycles. The van der Waals surface area contributed by atoms with Gasteiger partial charge >= 0.3 is 0 Å². The number of amides is 1. The Bertz CT molecular complexity index is 603. The molecule has 1 heterocycles. The van der Waals surface area contributed by atoms with Crippen LogP contribution in [0.4, 0.5) is 0 Å². The fourth-order valence-corrected chi connectivity index (χ4v) is 3.14. The smallest absolute Gasteiger partial charge is 0.260 e. The van der Waals surface area contributed by atoms with Crippen molar-refractivity contribution in [1.29, 1.82) is 0 Å². The van der Waals surface area contributed by atoms with E-state index in [0.717, 1.165) is 19.3 Å². The van der Waals surface area contributed by atoms with Crippen LogP contribution < -0.4 is 10.0 Å². The second-order valence-electron chi connectivity index (χ2n) is 6.36. The lowest BCUT2D eigenvalue weighted by Gasteiger charge is -2.14. The SMILES string of the molecule is Cc1nc(S(=O)(=O)NCC(=O)N[C@@H](C)CCCC(C)C)cn1C. The Morgan fingerprint density at radius 1 is 1.30 bits per heavy atom. The van der Waals surface area contributed by atoms with Crippen molar-refractivity contribution in [2.45, 2.75) is 58.0 Å². The van der Waals surface area contributed by atoms with Gasteiger partial charge in [-0.2, -0.15) is 0 Å². The van der Waals surface area contributed by atoms with E-state index in [-0.39, 0.29) is 23.5 Å². The minimum Gasteiger partial charge on any atom is -0.353 e. The van der Waals surface area contributed by atoms with E-state index in [1.54, 1.807) is 18.5 Å². The van der Waals surface area contributed by atoms with E-state index in [1.165, 1.54) is 6.20 Å². The summed E-state index contributed by atoms with van der Waals surface area (Å²) in [4.78, 5) is 15.8. The molecule has 0 radical (unpaired) electrons. The highest BCUT2D eigenvalue weighted by Gasteiger charge is 2.19. The Balaban J connectivity index is 2.43. The molecule has 1 aromatic rings. The summed E-state index contributed by atoms with van der Waals surface area (Å²) in [6.07, 6.45) is 4.46. The normalized spacial score (nSPS) is 13.3. The maximum Gasteiger partial charge on any atom is 0.260 e. The highest BCUT2D eigenvalue weighted by Crippen LogP contribution is 2.08. The lowest BCUT2D eigenvalue weighted by Crippen LogP contribution is -2.40.